The number of ether oxygens (including phenoxy) is 1. The average molecular weight is 265 g/mol. The molecule has 0 aromatic heterocycles. The lowest BCUT2D eigenvalue weighted by atomic mass is 9.64. The maximum atomic E-state index is 5.60. The molecule has 0 spiro atoms. The van der Waals surface area contributed by atoms with E-state index >= 15 is 0 Å². The number of nitrogens with one attached hydrogen (secondary N) is 1. The molecule has 110 valence electrons. The summed E-state index contributed by atoms with van der Waals surface area (Å²) in [5.74, 6) is 0.765. The molecule has 1 N–H and O–H groups in total. The third-order valence-electron chi connectivity index (χ3n) is 4.97. The van der Waals surface area contributed by atoms with Crippen molar-refractivity contribution >= 4 is 0 Å². The molecule has 1 fully saturated rings. The minimum Gasteiger partial charge on any atom is -0.501 e. The van der Waals surface area contributed by atoms with Crippen molar-refractivity contribution < 1.29 is 4.74 Å². The summed E-state index contributed by atoms with van der Waals surface area (Å²) in [6.45, 7) is 9.19. The molecule has 2 aliphatic rings. The van der Waals surface area contributed by atoms with Crippen molar-refractivity contribution in [1.29, 1.82) is 0 Å². The van der Waals surface area contributed by atoms with Gasteiger partial charge < -0.3 is 10.1 Å². The molecule has 0 bridgehead atoms. The normalized spacial score (nSPS) is 28.4. The summed E-state index contributed by atoms with van der Waals surface area (Å²) in [6, 6.07) is 0.538. The van der Waals surface area contributed by atoms with Gasteiger partial charge in [0.1, 0.15) is 0 Å². The highest BCUT2D eigenvalue weighted by molar-refractivity contribution is 5.14. The molecular formula is C17H31NO. The average Bonchev–Trinajstić information content (AvgIpc) is 2.42. The lowest BCUT2D eigenvalue weighted by Gasteiger charge is -2.44. The zero-order valence-electron chi connectivity index (χ0n) is 13.0. The van der Waals surface area contributed by atoms with Crippen LogP contribution in [0.2, 0.25) is 0 Å². The molecular weight excluding hydrogens is 234 g/mol. The van der Waals surface area contributed by atoms with Crippen LogP contribution in [0, 0.1) is 11.3 Å². The summed E-state index contributed by atoms with van der Waals surface area (Å²) >= 11 is 0. The lowest BCUT2D eigenvalue weighted by Crippen LogP contribution is -2.46. The second kappa shape index (κ2) is 6.78. The van der Waals surface area contributed by atoms with Crippen LogP contribution >= 0.6 is 0 Å². The zero-order valence-corrected chi connectivity index (χ0v) is 13.0. The quantitative estimate of drug-likeness (QED) is 0.801. The molecule has 0 aromatic rings. The van der Waals surface area contributed by atoms with E-state index in [1.54, 1.807) is 0 Å². The maximum Gasteiger partial charge on any atom is 0.0876 e. The van der Waals surface area contributed by atoms with Crippen LogP contribution in [0.5, 0.6) is 0 Å². The third kappa shape index (κ3) is 3.75. The van der Waals surface area contributed by atoms with Crippen LogP contribution in [0.3, 0.4) is 0 Å². The van der Waals surface area contributed by atoms with E-state index in [1.807, 2.05) is 0 Å². The van der Waals surface area contributed by atoms with Gasteiger partial charge in [0.25, 0.3) is 0 Å². The van der Waals surface area contributed by atoms with E-state index in [4.69, 9.17) is 4.74 Å². The minimum atomic E-state index is 0.460. The monoisotopic (exact) mass is 265 g/mol. The molecule has 1 heterocycles. The van der Waals surface area contributed by atoms with Crippen LogP contribution in [0.15, 0.2) is 11.8 Å². The highest BCUT2D eigenvalue weighted by atomic mass is 16.5. The van der Waals surface area contributed by atoms with Crippen molar-refractivity contribution in [3.05, 3.63) is 11.8 Å². The van der Waals surface area contributed by atoms with E-state index < -0.39 is 0 Å². The number of rotatable bonds is 5. The van der Waals surface area contributed by atoms with Crippen LogP contribution in [-0.4, -0.2) is 19.2 Å². The van der Waals surface area contributed by atoms with Crippen molar-refractivity contribution in [3.63, 3.8) is 0 Å². The van der Waals surface area contributed by atoms with Gasteiger partial charge in [-0.3, -0.25) is 0 Å². The highest BCUT2D eigenvalue weighted by Crippen LogP contribution is 2.44. The Hall–Kier alpha value is -0.500. The van der Waals surface area contributed by atoms with E-state index in [-0.39, 0.29) is 0 Å². The van der Waals surface area contributed by atoms with Crippen LogP contribution in [0.25, 0.3) is 0 Å². The summed E-state index contributed by atoms with van der Waals surface area (Å²) < 4.78 is 5.60. The molecule has 2 nitrogen and oxygen atoms in total. The molecule has 0 saturated heterocycles. The summed E-state index contributed by atoms with van der Waals surface area (Å²) in [4.78, 5) is 0. The maximum absolute atomic E-state index is 5.60. The van der Waals surface area contributed by atoms with Gasteiger partial charge in [-0.25, -0.2) is 0 Å². The van der Waals surface area contributed by atoms with Gasteiger partial charge in [0, 0.05) is 6.04 Å². The molecule has 2 unspecified atom stereocenters. The molecule has 1 aliphatic heterocycles. The first-order valence-corrected chi connectivity index (χ1v) is 8.19. The molecule has 1 aliphatic carbocycles. The first kappa shape index (κ1) is 14.9. The SMILES string of the molecule is CCCNC(C1=COCCC1)C1CCCCC1(C)C. The Balaban J connectivity index is 2.13. The Morgan fingerprint density at radius 3 is 2.84 bits per heavy atom. The fourth-order valence-corrected chi connectivity index (χ4v) is 3.78. The summed E-state index contributed by atoms with van der Waals surface area (Å²) in [5, 5.41) is 3.82. The molecule has 0 amide bonds. The Morgan fingerprint density at radius 2 is 2.21 bits per heavy atom. The van der Waals surface area contributed by atoms with Gasteiger partial charge in [-0.05, 0) is 55.6 Å². The topological polar surface area (TPSA) is 21.3 Å². The van der Waals surface area contributed by atoms with Crippen molar-refractivity contribution in [2.24, 2.45) is 11.3 Å². The zero-order chi connectivity index (χ0) is 13.7. The Labute approximate surface area is 119 Å². The van der Waals surface area contributed by atoms with Crippen molar-refractivity contribution in [2.45, 2.75) is 71.8 Å². The molecule has 1 saturated carbocycles. The summed E-state index contributed by atoms with van der Waals surface area (Å²) in [7, 11) is 0. The van der Waals surface area contributed by atoms with E-state index in [0.29, 0.717) is 11.5 Å². The summed E-state index contributed by atoms with van der Waals surface area (Å²) in [5.41, 5.74) is 1.97. The standard InChI is InChI=1S/C17H31NO/c1-4-11-18-16(14-8-7-12-19-13-14)15-9-5-6-10-17(15,2)3/h13,15-16,18H,4-12H2,1-3H3. The van der Waals surface area contributed by atoms with Crippen LogP contribution in [0.4, 0.5) is 0 Å². The smallest absolute Gasteiger partial charge is 0.0876 e. The fourth-order valence-electron chi connectivity index (χ4n) is 3.78. The highest BCUT2D eigenvalue weighted by Gasteiger charge is 2.38. The number of hydrogen-bond donors (Lipinski definition) is 1. The van der Waals surface area contributed by atoms with E-state index in [1.165, 1.54) is 50.5 Å². The van der Waals surface area contributed by atoms with Gasteiger partial charge in [0.2, 0.25) is 0 Å². The second-order valence-corrected chi connectivity index (χ2v) is 6.94. The Morgan fingerprint density at radius 1 is 1.37 bits per heavy atom. The third-order valence-corrected chi connectivity index (χ3v) is 4.97. The number of hydrogen-bond acceptors (Lipinski definition) is 2. The van der Waals surface area contributed by atoms with Gasteiger partial charge in [-0.2, -0.15) is 0 Å². The van der Waals surface area contributed by atoms with Crippen LogP contribution in [-0.2, 0) is 4.74 Å². The largest absolute Gasteiger partial charge is 0.501 e. The van der Waals surface area contributed by atoms with E-state index in [9.17, 15) is 0 Å². The molecule has 2 atom stereocenters. The van der Waals surface area contributed by atoms with Gasteiger partial charge in [-0.1, -0.05) is 33.6 Å². The van der Waals surface area contributed by atoms with Gasteiger partial charge in [0.05, 0.1) is 12.9 Å². The molecule has 2 rings (SSSR count). The molecule has 0 aromatic carbocycles. The first-order valence-electron chi connectivity index (χ1n) is 8.19. The molecule has 2 heteroatoms. The fraction of sp³-hybridized carbons (Fsp3) is 0.882. The van der Waals surface area contributed by atoms with Crippen molar-refractivity contribution in [3.8, 4) is 0 Å². The van der Waals surface area contributed by atoms with Crippen LogP contribution < -0.4 is 5.32 Å². The predicted molar refractivity (Wildman–Crippen MR) is 81.1 cm³/mol. The lowest BCUT2D eigenvalue weighted by molar-refractivity contribution is 0.103. The Kier molecular flexibility index (Phi) is 5.32. The van der Waals surface area contributed by atoms with Gasteiger partial charge >= 0.3 is 0 Å². The predicted octanol–water partition coefficient (Wildman–Crippen LogP) is 4.27. The van der Waals surface area contributed by atoms with E-state index in [2.05, 4.69) is 32.4 Å². The molecule has 19 heavy (non-hydrogen) atoms. The van der Waals surface area contributed by atoms with E-state index in [0.717, 1.165) is 19.1 Å². The minimum absolute atomic E-state index is 0.460. The second-order valence-electron chi connectivity index (χ2n) is 6.94. The van der Waals surface area contributed by atoms with Crippen LogP contribution in [0.1, 0.15) is 65.7 Å². The van der Waals surface area contributed by atoms with Crippen molar-refractivity contribution in [2.75, 3.05) is 13.2 Å². The van der Waals surface area contributed by atoms with Gasteiger partial charge in [0.15, 0.2) is 0 Å². The Bertz CT molecular complexity index is 308. The van der Waals surface area contributed by atoms with Crippen molar-refractivity contribution in [1.82, 2.24) is 5.32 Å². The summed E-state index contributed by atoms with van der Waals surface area (Å²) in [6.07, 6.45) is 11.2. The molecule has 0 radical (unpaired) electrons. The first-order chi connectivity index (χ1) is 9.15. The van der Waals surface area contributed by atoms with Gasteiger partial charge in [-0.15, -0.1) is 0 Å².